The average molecular weight is 306 g/mol. The van der Waals surface area contributed by atoms with Crippen molar-refractivity contribution >= 4 is 5.91 Å². The van der Waals surface area contributed by atoms with Crippen molar-refractivity contribution in [3.8, 4) is 5.88 Å². The van der Waals surface area contributed by atoms with Gasteiger partial charge in [-0.05, 0) is 31.9 Å². The summed E-state index contributed by atoms with van der Waals surface area (Å²) < 4.78 is 16.8. The summed E-state index contributed by atoms with van der Waals surface area (Å²) in [5.74, 6) is 0.329. The Morgan fingerprint density at radius 1 is 1.50 bits per heavy atom. The van der Waals surface area contributed by atoms with E-state index in [4.69, 9.17) is 14.2 Å². The second kappa shape index (κ2) is 6.62. The highest BCUT2D eigenvalue weighted by molar-refractivity contribution is 5.96. The summed E-state index contributed by atoms with van der Waals surface area (Å²) in [5.41, 5.74) is 0.505. The predicted molar refractivity (Wildman–Crippen MR) is 80.0 cm³/mol. The molecule has 22 heavy (non-hydrogen) atoms. The maximum Gasteiger partial charge on any atom is 0.259 e. The number of amides is 1. The van der Waals surface area contributed by atoms with Gasteiger partial charge in [0, 0.05) is 19.3 Å². The molecule has 0 spiro atoms. The molecule has 0 bridgehead atoms. The molecule has 2 aliphatic rings. The van der Waals surface area contributed by atoms with Gasteiger partial charge in [-0.3, -0.25) is 4.79 Å². The number of pyridine rings is 1. The highest BCUT2D eigenvalue weighted by atomic mass is 16.5. The number of hydrogen-bond acceptors (Lipinski definition) is 5. The van der Waals surface area contributed by atoms with E-state index in [1.165, 1.54) is 7.11 Å². The number of rotatable bonds is 4. The number of hydrogen-bond donors (Lipinski definition) is 0. The molecule has 6 nitrogen and oxygen atoms in total. The SMILES string of the molecule is CCO[C@@H]1CC[C@H]2[C@H]1OCCN2C(=O)c1cccnc1OC. The van der Waals surface area contributed by atoms with Gasteiger partial charge in [-0.25, -0.2) is 4.98 Å². The Hall–Kier alpha value is -1.66. The third-order valence-electron chi connectivity index (χ3n) is 4.37. The second-order valence-corrected chi connectivity index (χ2v) is 5.53. The van der Waals surface area contributed by atoms with Crippen molar-refractivity contribution in [2.24, 2.45) is 0 Å². The average Bonchev–Trinajstić information content (AvgIpc) is 2.98. The number of methoxy groups -OCH3 is 1. The summed E-state index contributed by atoms with van der Waals surface area (Å²) in [7, 11) is 1.53. The second-order valence-electron chi connectivity index (χ2n) is 5.53. The minimum absolute atomic E-state index is 0.0275. The molecular formula is C16H22N2O4. The lowest BCUT2D eigenvalue weighted by Gasteiger charge is -2.39. The fourth-order valence-electron chi connectivity index (χ4n) is 3.43. The van der Waals surface area contributed by atoms with Crippen LogP contribution in [-0.4, -0.2) is 60.9 Å². The van der Waals surface area contributed by atoms with Crippen LogP contribution in [-0.2, 0) is 9.47 Å². The van der Waals surface area contributed by atoms with Crippen LogP contribution in [0.4, 0.5) is 0 Å². The Kier molecular flexibility index (Phi) is 4.59. The van der Waals surface area contributed by atoms with Crippen molar-refractivity contribution in [2.45, 2.75) is 38.0 Å². The number of aromatic nitrogens is 1. The van der Waals surface area contributed by atoms with Crippen LogP contribution in [0.2, 0.25) is 0 Å². The molecule has 1 aromatic heterocycles. The number of carbonyl (C=O) groups is 1. The van der Waals surface area contributed by atoms with Gasteiger partial charge in [0.2, 0.25) is 5.88 Å². The number of carbonyl (C=O) groups excluding carboxylic acids is 1. The van der Waals surface area contributed by atoms with E-state index in [1.807, 2.05) is 11.8 Å². The lowest BCUT2D eigenvalue weighted by Crippen LogP contribution is -2.54. The van der Waals surface area contributed by atoms with Gasteiger partial charge in [-0.1, -0.05) is 0 Å². The Labute approximate surface area is 130 Å². The van der Waals surface area contributed by atoms with Gasteiger partial charge < -0.3 is 19.1 Å². The Bertz CT molecular complexity index is 537. The van der Waals surface area contributed by atoms with Crippen LogP contribution in [0.5, 0.6) is 5.88 Å². The largest absolute Gasteiger partial charge is 0.480 e. The molecule has 0 N–H and O–H groups in total. The summed E-state index contributed by atoms with van der Waals surface area (Å²) in [5, 5.41) is 0. The summed E-state index contributed by atoms with van der Waals surface area (Å²) in [6.45, 7) is 3.79. The van der Waals surface area contributed by atoms with Crippen LogP contribution in [0.15, 0.2) is 18.3 Å². The number of fused-ring (bicyclic) bond motifs is 1. The summed E-state index contributed by atoms with van der Waals surface area (Å²) >= 11 is 0. The lowest BCUT2D eigenvalue weighted by atomic mass is 10.1. The summed E-state index contributed by atoms with van der Waals surface area (Å²) in [6, 6.07) is 3.58. The summed E-state index contributed by atoms with van der Waals surface area (Å²) in [4.78, 5) is 18.9. The van der Waals surface area contributed by atoms with E-state index in [1.54, 1.807) is 18.3 Å². The molecule has 0 aromatic carbocycles. The first kappa shape index (κ1) is 15.2. The molecule has 2 heterocycles. The maximum absolute atomic E-state index is 12.9. The van der Waals surface area contributed by atoms with E-state index in [2.05, 4.69) is 4.98 Å². The maximum atomic E-state index is 12.9. The monoisotopic (exact) mass is 306 g/mol. The van der Waals surface area contributed by atoms with Gasteiger partial charge >= 0.3 is 0 Å². The number of nitrogens with zero attached hydrogens (tertiary/aromatic N) is 2. The van der Waals surface area contributed by atoms with E-state index >= 15 is 0 Å². The van der Waals surface area contributed by atoms with E-state index in [0.29, 0.717) is 31.2 Å². The zero-order valence-corrected chi connectivity index (χ0v) is 13.0. The van der Waals surface area contributed by atoms with Gasteiger partial charge in [-0.15, -0.1) is 0 Å². The first-order valence-electron chi connectivity index (χ1n) is 7.79. The highest BCUT2D eigenvalue weighted by Gasteiger charge is 2.45. The fraction of sp³-hybridized carbons (Fsp3) is 0.625. The van der Waals surface area contributed by atoms with E-state index < -0.39 is 0 Å². The Morgan fingerprint density at radius 2 is 2.36 bits per heavy atom. The van der Waals surface area contributed by atoms with Crippen molar-refractivity contribution in [3.05, 3.63) is 23.9 Å². The topological polar surface area (TPSA) is 60.9 Å². The predicted octanol–water partition coefficient (Wildman–Crippen LogP) is 1.50. The van der Waals surface area contributed by atoms with Crippen LogP contribution in [0.25, 0.3) is 0 Å². The molecule has 3 rings (SSSR count). The quantitative estimate of drug-likeness (QED) is 0.843. The molecular weight excluding hydrogens is 284 g/mol. The third-order valence-corrected chi connectivity index (χ3v) is 4.37. The van der Waals surface area contributed by atoms with Gasteiger partial charge in [0.05, 0.1) is 25.9 Å². The van der Waals surface area contributed by atoms with Crippen molar-refractivity contribution in [3.63, 3.8) is 0 Å². The smallest absolute Gasteiger partial charge is 0.259 e. The van der Waals surface area contributed by atoms with Gasteiger partial charge in [-0.2, -0.15) is 0 Å². The zero-order valence-electron chi connectivity index (χ0n) is 13.0. The molecule has 3 atom stereocenters. The van der Waals surface area contributed by atoms with Crippen molar-refractivity contribution in [2.75, 3.05) is 26.9 Å². The van der Waals surface area contributed by atoms with E-state index in [9.17, 15) is 4.79 Å². The third kappa shape index (κ3) is 2.68. The van der Waals surface area contributed by atoms with E-state index in [-0.39, 0.29) is 24.2 Å². The minimum Gasteiger partial charge on any atom is -0.480 e. The first-order chi connectivity index (χ1) is 10.8. The standard InChI is InChI=1S/C16H22N2O4/c1-3-21-13-7-6-12-14(13)22-10-9-18(12)16(19)11-5-4-8-17-15(11)20-2/h4-5,8,12-14H,3,6-7,9-10H2,1-2H3/t12-,13+,14+/m0/s1. The lowest BCUT2D eigenvalue weighted by molar-refractivity contribution is -0.102. The molecule has 0 radical (unpaired) electrons. The normalized spacial score (nSPS) is 27.5. The molecule has 1 amide bonds. The molecule has 120 valence electrons. The van der Waals surface area contributed by atoms with Crippen molar-refractivity contribution < 1.29 is 19.0 Å². The highest BCUT2D eigenvalue weighted by Crippen LogP contribution is 2.33. The molecule has 1 aliphatic heterocycles. The molecule has 1 aromatic rings. The molecule has 2 fully saturated rings. The first-order valence-corrected chi connectivity index (χ1v) is 7.79. The van der Waals surface area contributed by atoms with Crippen LogP contribution in [0.1, 0.15) is 30.1 Å². The van der Waals surface area contributed by atoms with E-state index in [0.717, 1.165) is 12.8 Å². The van der Waals surface area contributed by atoms with Crippen LogP contribution in [0.3, 0.4) is 0 Å². The zero-order chi connectivity index (χ0) is 15.5. The molecule has 6 heteroatoms. The number of morpholine rings is 1. The summed E-state index contributed by atoms with van der Waals surface area (Å²) in [6.07, 6.45) is 3.51. The van der Waals surface area contributed by atoms with Crippen molar-refractivity contribution in [1.29, 1.82) is 0 Å². The number of ether oxygens (including phenoxy) is 3. The minimum atomic E-state index is -0.0413. The molecule has 1 saturated heterocycles. The Balaban J connectivity index is 1.81. The fourth-order valence-corrected chi connectivity index (χ4v) is 3.43. The van der Waals surface area contributed by atoms with Crippen LogP contribution in [0, 0.1) is 0 Å². The van der Waals surface area contributed by atoms with Gasteiger partial charge in [0.25, 0.3) is 5.91 Å². The molecule has 0 unspecified atom stereocenters. The molecule has 1 saturated carbocycles. The molecule has 1 aliphatic carbocycles. The van der Waals surface area contributed by atoms with Crippen LogP contribution < -0.4 is 4.74 Å². The van der Waals surface area contributed by atoms with Gasteiger partial charge in [0.1, 0.15) is 11.7 Å². The van der Waals surface area contributed by atoms with Gasteiger partial charge in [0.15, 0.2) is 0 Å². The van der Waals surface area contributed by atoms with Crippen molar-refractivity contribution in [1.82, 2.24) is 9.88 Å². The Morgan fingerprint density at radius 3 is 3.14 bits per heavy atom. The van der Waals surface area contributed by atoms with Crippen LogP contribution >= 0.6 is 0 Å².